The van der Waals surface area contributed by atoms with Crippen molar-refractivity contribution in [2.45, 2.75) is 120 Å². The van der Waals surface area contributed by atoms with E-state index in [1.807, 2.05) is 16.7 Å². The summed E-state index contributed by atoms with van der Waals surface area (Å²) in [6.07, 6.45) is 11.1. The predicted molar refractivity (Wildman–Crippen MR) is 135 cm³/mol. The lowest BCUT2D eigenvalue weighted by molar-refractivity contribution is -0.143. The summed E-state index contributed by atoms with van der Waals surface area (Å²) >= 11 is 0. The predicted octanol–water partition coefficient (Wildman–Crippen LogP) is 4.00. The number of hydrogen-bond donors (Lipinski definition) is 0. The van der Waals surface area contributed by atoms with Gasteiger partial charge in [-0.15, -0.1) is 0 Å². The van der Waals surface area contributed by atoms with Gasteiger partial charge in [0, 0.05) is 33.6 Å². The molecule has 0 spiro atoms. The first-order valence-electron chi connectivity index (χ1n) is 13.8. The summed E-state index contributed by atoms with van der Waals surface area (Å²) < 4.78 is 33.0. The van der Waals surface area contributed by atoms with Crippen LogP contribution >= 0.6 is 0 Å². The molecule has 0 N–H and O–H groups in total. The van der Waals surface area contributed by atoms with Crippen molar-refractivity contribution in [2.24, 2.45) is 11.8 Å². The second kappa shape index (κ2) is 11.0. The van der Waals surface area contributed by atoms with Gasteiger partial charge in [0.05, 0.1) is 17.3 Å². The average Bonchev–Trinajstić information content (AvgIpc) is 2.83. The van der Waals surface area contributed by atoms with E-state index in [1.165, 1.54) is 10.7 Å². The molecule has 0 aromatic heterocycles. The van der Waals surface area contributed by atoms with Crippen LogP contribution in [0.25, 0.3) is 0 Å². The maximum Gasteiger partial charge on any atom is 0.410 e. The van der Waals surface area contributed by atoms with Crippen LogP contribution in [0.1, 0.15) is 90.9 Å². The van der Waals surface area contributed by atoms with Gasteiger partial charge in [-0.05, 0) is 76.5 Å². The molecular formula is C26H45N3O5S. The maximum absolute atomic E-state index is 13.4. The smallest absolute Gasteiger partial charge is 0.410 e. The van der Waals surface area contributed by atoms with Gasteiger partial charge in [-0.2, -0.15) is 0 Å². The molecule has 4 rings (SSSR count). The molecule has 0 bridgehead atoms. The zero-order valence-corrected chi connectivity index (χ0v) is 22.8. The van der Waals surface area contributed by atoms with Crippen molar-refractivity contribution in [3.63, 3.8) is 0 Å². The third-order valence-corrected chi connectivity index (χ3v) is 11.5. The first-order valence-corrected chi connectivity index (χ1v) is 15.3. The van der Waals surface area contributed by atoms with E-state index in [4.69, 9.17) is 4.74 Å². The standard InChI is InChI=1S/C26H45N3O5S/c1-18-17-28(26(31)34-22-10-6-5-7-11-22)25-16-21(13-14-24(25)29(18)19(2)30)20-9-8-12-23(15-20)35(32,33)27(3)4/h18,20-25H,5-17H2,1-4H3/t18-,20?,21?,23?,24?,25?/m0/s1. The fourth-order valence-electron chi connectivity index (χ4n) is 7.41. The molecule has 0 aromatic carbocycles. The van der Waals surface area contributed by atoms with Crippen LogP contribution in [0.5, 0.6) is 0 Å². The van der Waals surface area contributed by atoms with Crippen LogP contribution in [0.2, 0.25) is 0 Å². The number of amides is 2. The Morgan fingerprint density at radius 3 is 2.20 bits per heavy atom. The average molecular weight is 512 g/mol. The highest BCUT2D eigenvalue weighted by atomic mass is 32.2. The summed E-state index contributed by atoms with van der Waals surface area (Å²) in [5.41, 5.74) is 0. The number of carbonyl (C=O) groups excluding carboxylic acids is 2. The molecule has 6 atom stereocenters. The number of ether oxygens (including phenoxy) is 1. The van der Waals surface area contributed by atoms with Crippen LogP contribution in [-0.4, -0.2) is 84.6 Å². The van der Waals surface area contributed by atoms with Crippen molar-refractivity contribution in [1.82, 2.24) is 14.1 Å². The Morgan fingerprint density at radius 1 is 0.857 bits per heavy atom. The molecule has 9 heteroatoms. The number of piperazine rings is 1. The fourth-order valence-corrected chi connectivity index (χ4v) is 8.96. The number of fused-ring (bicyclic) bond motifs is 1. The van der Waals surface area contributed by atoms with E-state index in [9.17, 15) is 18.0 Å². The Hall–Kier alpha value is -1.35. The number of nitrogens with zero attached hydrogens (tertiary/aromatic N) is 3. The van der Waals surface area contributed by atoms with Gasteiger partial charge < -0.3 is 14.5 Å². The van der Waals surface area contributed by atoms with Gasteiger partial charge in [-0.3, -0.25) is 4.79 Å². The summed E-state index contributed by atoms with van der Waals surface area (Å²) in [6, 6.07) is -0.0828. The van der Waals surface area contributed by atoms with Crippen LogP contribution in [0.15, 0.2) is 0 Å². The molecule has 0 aromatic rings. The van der Waals surface area contributed by atoms with Crippen LogP contribution in [0.4, 0.5) is 4.79 Å². The Morgan fingerprint density at radius 2 is 1.54 bits per heavy atom. The molecule has 5 unspecified atom stereocenters. The van der Waals surface area contributed by atoms with Crippen LogP contribution < -0.4 is 0 Å². The Balaban J connectivity index is 1.50. The maximum atomic E-state index is 13.4. The van der Waals surface area contributed by atoms with Gasteiger partial charge >= 0.3 is 6.09 Å². The molecule has 200 valence electrons. The van der Waals surface area contributed by atoms with Gasteiger partial charge in [-0.25, -0.2) is 17.5 Å². The molecule has 1 saturated heterocycles. The zero-order valence-electron chi connectivity index (χ0n) is 22.0. The van der Waals surface area contributed by atoms with Crippen molar-refractivity contribution < 1.29 is 22.7 Å². The Bertz CT molecular complexity index is 872. The first-order chi connectivity index (χ1) is 16.6. The number of rotatable bonds is 4. The highest BCUT2D eigenvalue weighted by Gasteiger charge is 2.49. The summed E-state index contributed by atoms with van der Waals surface area (Å²) in [7, 11) is -0.0179. The van der Waals surface area contributed by atoms with Gasteiger partial charge in [0.2, 0.25) is 15.9 Å². The lowest BCUT2D eigenvalue weighted by atomic mass is 9.69. The van der Waals surface area contributed by atoms with E-state index in [-0.39, 0.29) is 41.5 Å². The molecule has 2 amide bonds. The summed E-state index contributed by atoms with van der Waals surface area (Å²) in [5.74, 6) is 0.774. The van der Waals surface area contributed by atoms with Gasteiger partial charge in [-0.1, -0.05) is 19.3 Å². The highest BCUT2D eigenvalue weighted by Crippen LogP contribution is 2.44. The van der Waals surface area contributed by atoms with Gasteiger partial charge in [0.1, 0.15) is 6.10 Å². The third kappa shape index (κ3) is 5.65. The second-order valence-corrected chi connectivity index (χ2v) is 14.1. The van der Waals surface area contributed by atoms with Crippen LogP contribution in [0.3, 0.4) is 0 Å². The van der Waals surface area contributed by atoms with Gasteiger partial charge in [0.25, 0.3) is 0 Å². The molecule has 1 heterocycles. The molecule has 4 fully saturated rings. The molecular weight excluding hydrogens is 466 g/mol. The Labute approximate surface area is 211 Å². The molecule has 1 aliphatic heterocycles. The molecule has 3 aliphatic carbocycles. The second-order valence-electron chi connectivity index (χ2n) is 11.7. The highest BCUT2D eigenvalue weighted by molar-refractivity contribution is 7.89. The lowest BCUT2D eigenvalue weighted by Crippen LogP contribution is -2.67. The minimum atomic E-state index is -3.27. The molecule has 8 nitrogen and oxygen atoms in total. The largest absolute Gasteiger partial charge is 0.446 e. The van der Waals surface area contributed by atoms with E-state index in [0.29, 0.717) is 24.8 Å². The van der Waals surface area contributed by atoms with E-state index in [0.717, 1.165) is 64.2 Å². The molecule has 35 heavy (non-hydrogen) atoms. The summed E-state index contributed by atoms with van der Waals surface area (Å²) in [4.78, 5) is 29.9. The van der Waals surface area contributed by atoms with Crippen molar-refractivity contribution in [3.05, 3.63) is 0 Å². The number of sulfonamides is 1. The van der Waals surface area contributed by atoms with Gasteiger partial charge in [0.15, 0.2) is 0 Å². The van der Waals surface area contributed by atoms with E-state index in [1.54, 1.807) is 21.0 Å². The van der Waals surface area contributed by atoms with Crippen molar-refractivity contribution in [1.29, 1.82) is 0 Å². The van der Waals surface area contributed by atoms with Crippen LogP contribution in [0, 0.1) is 11.8 Å². The van der Waals surface area contributed by atoms with Crippen LogP contribution in [-0.2, 0) is 19.6 Å². The minimum Gasteiger partial charge on any atom is -0.446 e. The number of carbonyl (C=O) groups is 2. The van der Waals surface area contributed by atoms with Crippen molar-refractivity contribution in [2.75, 3.05) is 20.6 Å². The molecule has 4 aliphatic rings. The Kier molecular flexibility index (Phi) is 8.36. The monoisotopic (exact) mass is 511 g/mol. The molecule has 0 radical (unpaired) electrons. The number of hydrogen-bond acceptors (Lipinski definition) is 5. The normalized spacial score (nSPS) is 35.0. The van der Waals surface area contributed by atoms with E-state index >= 15 is 0 Å². The quantitative estimate of drug-likeness (QED) is 0.569. The zero-order chi connectivity index (χ0) is 25.3. The van der Waals surface area contributed by atoms with Crippen molar-refractivity contribution >= 4 is 22.0 Å². The van der Waals surface area contributed by atoms with Crippen molar-refractivity contribution in [3.8, 4) is 0 Å². The van der Waals surface area contributed by atoms with E-state index in [2.05, 4.69) is 0 Å². The SMILES string of the molecule is CC(=O)N1C2CCC(C3CCCC(S(=O)(=O)N(C)C)C3)CC2N(C(=O)OC2CCCCC2)C[C@@H]1C. The first kappa shape index (κ1) is 26.7. The fraction of sp³-hybridized carbons (Fsp3) is 0.923. The topological polar surface area (TPSA) is 87.2 Å². The minimum absolute atomic E-state index is 0.00516. The lowest BCUT2D eigenvalue weighted by Gasteiger charge is -2.54. The third-order valence-electron chi connectivity index (χ3n) is 9.20. The summed E-state index contributed by atoms with van der Waals surface area (Å²) in [6.45, 7) is 4.16. The van der Waals surface area contributed by atoms with E-state index < -0.39 is 10.0 Å². The molecule has 3 saturated carbocycles. The summed E-state index contributed by atoms with van der Waals surface area (Å²) in [5, 5.41) is -0.318.